The molecule has 0 N–H and O–H groups in total. The van der Waals surface area contributed by atoms with Crippen molar-refractivity contribution in [3.63, 3.8) is 0 Å². The van der Waals surface area contributed by atoms with Crippen LogP contribution in [0.3, 0.4) is 0 Å². The van der Waals surface area contributed by atoms with E-state index in [0.29, 0.717) is 18.0 Å². The van der Waals surface area contributed by atoms with Gasteiger partial charge in [0.25, 0.3) is 0 Å². The monoisotopic (exact) mass is 430 g/mol. The summed E-state index contributed by atoms with van der Waals surface area (Å²) < 4.78 is 39.0. The van der Waals surface area contributed by atoms with Gasteiger partial charge in [-0.15, -0.1) is 0 Å². The summed E-state index contributed by atoms with van der Waals surface area (Å²) >= 11 is 0. The number of methoxy groups -OCH3 is 1. The highest BCUT2D eigenvalue weighted by molar-refractivity contribution is 5.90. The van der Waals surface area contributed by atoms with E-state index in [-0.39, 0.29) is 23.9 Å². The highest BCUT2D eigenvalue weighted by atomic mass is 19.1. The normalized spacial score (nSPS) is 22.1. The number of para-hydroxylation sites is 1. The fraction of sp³-hybridized carbons (Fsp3) is 0.391. The number of nitrogens with zero attached hydrogens (tertiary/aromatic N) is 2. The first kappa shape index (κ1) is 21.2. The van der Waals surface area contributed by atoms with E-state index < -0.39 is 23.7 Å². The zero-order valence-corrected chi connectivity index (χ0v) is 17.2. The first-order valence-corrected chi connectivity index (χ1v) is 10.3. The molecule has 0 unspecified atom stereocenters. The van der Waals surface area contributed by atoms with Crippen LogP contribution in [0.4, 0.5) is 19.3 Å². The minimum Gasteiger partial charge on any atom is -0.465 e. The molecular formula is C23H24F2N2O4. The second-order valence-corrected chi connectivity index (χ2v) is 7.90. The van der Waals surface area contributed by atoms with Gasteiger partial charge >= 0.3 is 12.1 Å². The molecule has 6 nitrogen and oxygen atoms in total. The van der Waals surface area contributed by atoms with Crippen LogP contribution in [0, 0.1) is 17.6 Å². The predicted molar refractivity (Wildman–Crippen MR) is 110 cm³/mol. The number of amides is 1. The molecule has 5 rings (SSSR count). The summed E-state index contributed by atoms with van der Waals surface area (Å²) in [5, 5.41) is 0. The molecule has 0 spiro atoms. The van der Waals surface area contributed by atoms with Crippen LogP contribution in [-0.2, 0) is 16.0 Å². The van der Waals surface area contributed by atoms with E-state index in [0.717, 1.165) is 39.1 Å². The summed E-state index contributed by atoms with van der Waals surface area (Å²) in [5.41, 5.74) is 0.243. The van der Waals surface area contributed by atoms with Crippen LogP contribution in [0.5, 0.6) is 0 Å². The number of hydrogen-bond donors (Lipinski definition) is 0. The van der Waals surface area contributed by atoms with Gasteiger partial charge in [-0.25, -0.2) is 18.4 Å². The van der Waals surface area contributed by atoms with Crippen LogP contribution in [0.2, 0.25) is 0 Å². The maximum Gasteiger partial charge on any atom is 0.415 e. The first-order valence-electron chi connectivity index (χ1n) is 10.3. The number of halogens is 2. The van der Waals surface area contributed by atoms with Gasteiger partial charge < -0.3 is 9.47 Å². The predicted octanol–water partition coefficient (Wildman–Crippen LogP) is 3.99. The highest BCUT2D eigenvalue weighted by Crippen LogP contribution is 2.31. The molecule has 3 aliphatic heterocycles. The Morgan fingerprint density at radius 3 is 2.48 bits per heavy atom. The average Bonchev–Trinajstić information content (AvgIpc) is 2.79. The largest absolute Gasteiger partial charge is 0.465 e. The molecule has 3 aliphatic rings. The Balaban J connectivity index is 1.60. The van der Waals surface area contributed by atoms with Crippen molar-refractivity contribution < 1.29 is 27.8 Å². The number of esters is 1. The molecule has 2 bridgehead atoms. The second kappa shape index (κ2) is 9.01. The van der Waals surface area contributed by atoms with E-state index in [9.17, 15) is 18.4 Å². The van der Waals surface area contributed by atoms with Gasteiger partial charge in [-0.3, -0.25) is 9.80 Å². The Kier molecular flexibility index (Phi) is 6.18. The van der Waals surface area contributed by atoms with Crippen molar-refractivity contribution in [3.05, 3.63) is 65.2 Å². The number of carbonyl (C=O) groups is 2. The van der Waals surface area contributed by atoms with E-state index in [4.69, 9.17) is 4.74 Å². The number of hydrogen-bond acceptors (Lipinski definition) is 5. The Morgan fingerprint density at radius 1 is 1.10 bits per heavy atom. The van der Waals surface area contributed by atoms with Crippen molar-refractivity contribution in [2.45, 2.75) is 25.5 Å². The summed E-state index contributed by atoms with van der Waals surface area (Å²) in [7, 11) is 1.16. The lowest BCUT2D eigenvalue weighted by atomic mass is 9.86. The van der Waals surface area contributed by atoms with Crippen LogP contribution >= 0.6 is 0 Å². The van der Waals surface area contributed by atoms with Gasteiger partial charge in [-0.05, 0) is 61.7 Å². The van der Waals surface area contributed by atoms with Gasteiger partial charge in [-0.1, -0.05) is 18.2 Å². The zero-order chi connectivity index (χ0) is 22.0. The Hall–Kier alpha value is -3.00. The van der Waals surface area contributed by atoms with Crippen molar-refractivity contribution in [2.24, 2.45) is 5.92 Å². The van der Waals surface area contributed by atoms with Crippen LogP contribution < -0.4 is 4.90 Å². The summed E-state index contributed by atoms with van der Waals surface area (Å²) in [6, 6.07) is 9.76. The van der Waals surface area contributed by atoms with E-state index in [1.807, 2.05) is 0 Å². The molecule has 1 amide bonds. The van der Waals surface area contributed by atoms with Crippen LogP contribution in [0.1, 0.15) is 28.8 Å². The Bertz CT molecular complexity index is 976. The average molecular weight is 430 g/mol. The van der Waals surface area contributed by atoms with Gasteiger partial charge in [-0.2, -0.15) is 0 Å². The topological polar surface area (TPSA) is 59.1 Å². The molecule has 1 atom stereocenters. The minimum atomic E-state index is -0.827. The first-order chi connectivity index (χ1) is 15.0. The third-order valence-electron chi connectivity index (χ3n) is 5.99. The van der Waals surface area contributed by atoms with Crippen LogP contribution in [-0.4, -0.2) is 49.8 Å². The van der Waals surface area contributed by atoms with E-state index in [1.54, 1.807) is 6.07 Å². The molecule has 2 aromatic rings. The molecular weight excluding hydrogens is 406 g/mol. The Labute approximate surface area is 179 Å². The van der Waals surface area contributed by atoms with Crippen molar-refractivity contribution in [2.75, 3.05) is 31.6 Å². The summed E-state index contributed by atoms with van der Waals surface area (Å²) in [6.45, 7) is 2.58. The molecule has 3 fully saturated rings. The lowest BCUT2D eigenvalue weighted by Crippen LogP contribution is -2.53. The van der Waals surface area contributed by atoms with Gasteiger partial charge in [0.2, 0.25) is 0 Å². The smallest absolute Gasteiger partial charge is 0.415 e. The molecule has 3 saturated heterocycles. The van der Waals surface area contributed by atoms with E-state index in [2.05, 4.69) is 9.64 Å². The maximum atomic E-state index is 14.6. The zero-order valence-electron chi connectivity index (χ0n) is 17.2. The number of anilines is 1. The van der Waals surface area contributed by atoms with Gasteiger partial charge in [0.15, 0.2) is 0 Å². The lowest BCUT2D eigenvalue weighted by molar-refractivity contribution is -0.0311. The fourth-order valence-corrected chi connectivity index (χ4v) is 4.28. The van der Waals surface area contributed by atoms with Crippen molar-refractivity contribution >= 4 is 17.7 Å². The molecule has 3 heterocycles. The molecule has 164 valence electrons. The third kappa shape index (κ3) is 4.54. The standard InChI is InChI=1S/C23H24F2N2O4/c1-30-22(28)17-12-15(6-7-18(17)24)13-27(20-5-3-2-4-19(20)25)23(29)31-21-14-26-10-8-16(21)9-11-26/h2-7,12,16,21H,8-11,13-14H2,1H3/t21-/m0/s1. The number of rotatable bonds is 5. The Morgan fingerprint density at radius 2 is 1.84 bits per heavy atom. The van der Waals surface area contributed by atoms with E-state index >= 15 is 0 Å². The van der Waals surface area contributed by atoms with Crippen molar-refractivity contribution in [1.82, 2.24) is 4.90 Å². The third-order valence-corrected chi connectivity index (χ3v) is 5.99. The second-order valence-electron chi connectivity index (χ2n) is 7.90. The molecule has 8 heteroatoms. The van der Waals surface area contributed by atoms with Gasteiger partial charge in [0.05, 0.1) is 24.9 Å². The van der Waals surface area contributed by atoms with E-state index in [1.165, 1.54) is 35.2 Å². The number of benzene rings is 2. The fourth-order valence-electron chi connectivity index (χ4n) is 4.28. The summed E-state index contributed by atoms with van der Waals surface area (Å²) in [4.78, 5) is 28.4. The van der Waals surface area contributed by atoms with Crippen LogP contribution in [0.25, 0.3) is 0 Å². The molecule has 0 saturated carbocycles. The number of carbonyl (C=O) groups excluding carboxylic acids is 2. The number of fused-ring (bicyclic) bond motifs is 3. The SMILES string of the molecule is COC(=O)c1cc(CN(C(=O)O[C@H]2CN3CCC2CC3)c2ccccc2F)ccc1F. The molecule has 0 aliphatic carbocycles. The van der Waals surface area contributed by atoms with Gasteiger partial charge in [0.1, 0.15) is 17.7 Å². The maximum absolute atomic E-state index is 14.6. The van der Waals surface area contributed by atoms with Crippen molar-refractivity contribution in [3.8, 4) is 0 Å². The highest BCUT2D eigenvalue weighted by Gasteiger charge is 2.37. The molecule has 2 aromatic carbocycles. The molecule has 0 radical (unpaired) electrons. The number of piperidine rings is 3. The lowest BCUT2D eigenvalue weighted by Gasteiger charge is -2.44. The quantitative estimate of drug-likeness (QED) is 0.672. The van der Waals surface area contributed by atoms with Crippen LogP contribution in [0.15, 0.2) is 42.5 Å². The molecule has 31 heavy (non-hydrogen) atoms. The van der Waals surface area contributed by atoms with Crippen molar-refractivity contribution in [1.29, 1.82) is 0 Å². The van der Waals surface area contributed by atoms with Gasteiger partial charge in [0, 0.05) is 6.54 Å². The number of ether oxygens (including phenoxy) is 2. The summed E-state index contributed by atoms with van der Waals surface area (Å²) in [5.74, 6) is -1.84. The molecule has 0 aromatic heterocycles. The minimum absolute atomic E-state index is 0.0534. The summed E-state index contributed by atoms with van der Waals surface area (Å²) in [6.07, 6.45) is 1.02.